The van der Waals surface area contributed by atoms with Crippen molar-refractivity contribution in [2.24, 2.45) is 5.92 Å². The summed E-state index contributed by atoms with van der Waals surface area (Å²) in [5.41, 5.74) is 0. The van der Waals surface area contributed by atoms with Crippen molar-refractivity contribution in [1.82, 2.24) is 10.2 Å². The van der Waals surface area contributed by atoms with Crippen LogP contribution in [0, 0.1) is 5.92 Å². The van der Waals surface area contributed by atoms with Crippen LogP contribution in [0.15, 0.2) is 0 Å². The molecule has 1 N–H and O–H groups in total. The molecule has 0 radical (unpaired) electrons. The Morgan fingerprint density at radius 3 is 2.58 bits per heavy atom. The number of nitrogens with one attached hydrogen (secondary N) is 1. The van der Waals surface area contributed by atoms with Gasteiger partial charge >= 0.3 is 6.18 Å². The standard InChI is InChI=1S/C14H27F3N2/c1-3-8-18-13-6-10-19(11-12(13)2)9-5-4-7-14(15,16)17/h12-13,18H,3-11H2,1-2H3. The van der Waals surface area contributed by atoms with Crippen molar-refractivity contribution in [2.75, 3.05) is 26.2 Å². The molecule has 0 saturated carbocycles. The molecule has 0 aliphatic carbocycles. The van der Waals surface area contributed by atoms with Crippen molar-refractivity contribution in [3.8, 4) is 0 Å². The lowest BCUT2D eigenvalue weighted by Gasteiger charge is -2.37. The first kappa shape index (κ1) is 16.8. The Kier molecular flexibility index (Phi) is 7.15. The lowest BCUT2D eigenvalue weighted by molar-refractivity contribution is -0.135. The third kappa shape index (κ3) is 7.16. The fourth-order valence-corrected chi connectivity index (χ4v) is 2.73. The number of rotatable bonds is 7. The number of hydrogen-bond donors (Lipinski definition) is 1. The van der Waals surface area contributed by atoms with Crippen LogP contribution in [-0.4, -0.2) is 43.3 Å². The van der Waals surface area contributed by atoms with E-state index in [4.69, 9.17) is 0 Å². The molecule has 0 bridgehead atoms. The summed E-state index contributed by atoms with van der Waals surface area (Å²) in [6.07, 6.45) is -1.47. The topological polar surface area (TPSA) is 15.3 Å². The summed E-state index contributed by atoms with van der Waals surface area (Å²) in [4.78, 5) is 2.31. The Hall–Kier alpha value is -0.290. The largest absolute Gasteiger partial charge is 0.389 e. The van der Waals surface area contributed by atoms with E-state index >= 15 is 0 Å². The van der Waals surface area contributed by atoms with Gasteiger partial charge in [0.2, 0.25) is 0 Å². The van der Waals surface area contributed by atoms with E-state index < -0.39 is 12.6 Å². The molecule has 2 unspecified atom stereocenters. The van der Waals surface area contributed by atoms with Crippen molar-refractivity contribution in [1.29, 1.82) is 0 Å². The maximum absolute atomic E-state index is 12.0. The van der Waals surface area contributed by atoms with Gasteiger partial charge in [0.05, 0.1) is 0 Å². The van der Waals surface area contributed by atoms with Gasteiger partial charge in [-0.3, -0.25) is 0 Å². The molecule has 2 nitrogen and oxygen atoms in total. The highest BCUT2D eigenvalue weighted by atomic mass is 19.4. The van der Waals surface area contributed by atoms with Gasteiger partial charge in [0.15, 0.2) is 0 Å². The predicted octanol–water partition coefficient (Wildman–Crippen LogP) is 3.43. The molecule has 114 valence electrons. The molecular formula is C14H27F3N2. The number of nitrogens with zero attached hydrogens (tertiary/aromatic N) is 1. The Labute approximate surface area is 114 Å². The van der Waals surface area contributed by atoms with Gasteiger partial charge in [-0.05, 0) is 51.2 Å². The molecule has 1 fully saturated rings. The highest BCUT2D eigenvalue weighted by Gasteiger charge is 2.27. The second-order valence-corrected chi connectivity index (χ2v) is 5.70. The van der Waals surface area contributed by atoms with Crippen LogP contribution >= 0.6 is 0 Å². The van der Waals surface area contributed by atoms with Crippen molar-refractivity contribution in [3.63, 3.8) is 0 Å². The second-order valence-electron chi connectivity index (χ2n) is 5.70. The van der Waals surface area contributed by atoms with E-state index in [0.717, 1.165) is 39.0 Å². The number of unbranched alkanes of at least 4 members (excludes halogenated alkanes) is 1. The minimum atomic E-state index is -4.00. The quantitative estimate of drug-likeness (QED) is 0.719. The average molecular weight is 280 g/mol. The van der Waals surface area contributed by atoms with Crippen LogP contribution in [0.4, 0.5) is 13.2 Å². The van der Waals surface area contributed by atoms with Gasteiger partial charge in [0, 0.05) is 19.0 Å². The fraction of sp³-hybridized carbons (Fsp3) is 1.00. The van der Waals surface area contributed by atoms with E-state index in [1.165, 1.54) is 0 Å². The molecule has 0 spiro atoms. The van der Waals surface area contributed by atoms with Crippen LogP contribution in [0.25, 0.3) is 0 Å². The highest BCUT2D eigenvalue weighted by molar-refractivity contribution is 4.82. The minimum Gasteiger partial charge on any atom is -0.314 e. The van der Waals surface area contributed by atoms with E-state index in [9.17, 15) is 13.2 Å². The lowest BCUT2D eigenvalue weighted by Crippen LogP contribution is -2.48. The third-order valence-corrected chi connectivity index (χ3v) is 3.83. The van der Waals surface area contributed by atoms with Gasteiger partial charge in [-0.25, -0.2) is 0 Å². The number of alkyl halides is 3. The molecular weight excluding hydrogens is 253 g/mol. The van der Waals surface area contributed by atoms with E-state index in [1.807, 2.05) is 0 Å². The molecule has 0 aromatic carbocycles. The first-order valence-corrected chi connectivity index (χ1v) is 7.45. The predicted molar refractivity (Wildman–Crippen MR) is 72.2 cm³/mol. The minimum absolute atomic E-state index is 0.256. The molecule has 0 amide bonds. The Bertz CT molecular complexity index is 243. The molecule has 19 heavy (non-hydrogen) atoms. The van der Waals surface area contributed by atoms with Crippen molar-refractivity contribution < 1.29 is 13.2 Å². The normalized spacial score (nSPS) is 25.7. The number of likely N-dealkylation sites (tertiary alicyclic amines) is 1. The zero-order chi connectivity index (χ0) is 14.3. The fourth-order valence-electron chi connectivity index (χ4n) is 2.73. The SMILES string of the molecule is CCCNC1CCN(CCCCC(F)(F)F)CC1C. The summed E-state index contributed by atoms with van der Waals surface area (Å²) in [5, 5.41) is 3.55. The van der Waals surface area contributed by atoms with Crippen LogP contribution in [0.2, 0.25) is 0 Å². The Morgan fingerprint density at radius 1 is 1.26 bits per heavy atom. The van der Waals surface area contributed by atoms with Gasteiger partial charge in [-0.15, -0.1) is 0 Å². The molecule has 1 rings (SSSR count). The van der Waals surface area contributed by atoms with Gasteiger partial charge in [-0.1, -0.05) is 13.8 Å². The summed E-state index contributed by atoms with van der Waals surface area (Å²) in [5.74, 6) is 0.586. The van der Waals surface area contributed by atoms with Crippen LogP contribution in [0.5, 0.6) is 0 Å². The van der Waals surface area contributed by atoms with Crippen molar-refractivity contribution >= 4 is 0 Å². The number of hydrogen-bond acceptors (Lipinski definition) is 2. The monoisotopic (exact) mass is 280 g/mol. The first-order chi connectivity index (χ1) is 8.92. The molecule has 1 heterocycles. The molecule has 1 aliphatic heterocycles. The van der Waals surface area contributed by atoms with Gasteiger partial charge < -0.3 is 10.2 Å². The van der Waals surface area contributed by atoms with Crippen LogP contribution in [0.1, 0.15) is 46.0 Å². The molecule has 1 aliphatic rings. The highest BCUT2D eigenvalue weighted by Crippen LogP contribution is 2.23. The summed E-state index contributed by atoms with van der Waals surface area (Å²) in [6.45, 7) is 8.27. The average Bonchev–Trinajstić information content (AvgIpc) is 2.32. The number of halogens is 3. The first-order valence-electron chi connectivity index (χ1n) is 7.45. The smallest absolute Gasteiger partial charge is 0.314 e. The van der Waals surface area contributed by atoms with E-state index in [-0.39, 0.29) is 6.42 Å². The van der Waals surface area contributed by atoms with Gasteiger partial charge in [-0.2, -0.15) is 13.2 Å². The lowest BCUT2D eigenvalue weighted by atomic mass is 9.93. The maximum Gasteiger partial charge on any atom is 0.389 e. The van der Waals surface area contributed by atoms with E-state index in [2.05, 4.69) is 24.1 Å². The number of piperidine rings is 1. The maximum atomic E-state index is 12.0. The van der Waals surface area contributed by atoms with Gasteiger partial charge in [0.25, 0.3) is 0 Å². The van der Waals surface area contributed by atoms with Crippen molar-refractivity contribution in [2.45, 2.75) is 58.2 Å². The summed E-state index contributed by atoms with van der Waals surface area (Å²) >= 11 is 0. The molecule has 0 aromatic rings. The molecule has 0 aromatic heterocycles. The van der Waals surface area contributed by atoms with Crippen LogP contribution in [0.3, 0.4) is 0 Å². The summed E-state index contributed by atoms with van der Waals surface area (Å²) in [7, 11) is 0. The molecule has 1 saturated heterocycles. The van der Waals surface area contributed by atoms with Crippen LogP contribution < -0.4 is 5.32 Å². The summed E-state index contributed by atoms with van der Waals surface area (Å²) < 4.78 is 36.1. The third-order valence-electron chi connectivity index (χ3n) is 3.83. The Balaban J connectivity index is 2.14. The zero-order valence-electron chi connectivity index (χ0n) is 12.1. The summed E-state index contributed by atoms with van der Waals surface area (Å²) in [6, 6.07) is 0.575. The van der Waals surface area contributed by atoms with Crippen molar-refractivity contribution in [3.05, 3.63) is 0 Å². The molecule has 2 atom stereocenters. The second kappa shape index (κ2) is 8.10. The zero-order valence-corrected chi connectivity index (χ0v) is 12.1. The van der Waals surface area contributed by atoms with E-state index in [1.54, 1.807) is 0 Å². The van der Waals surface area contributed by atoms with E-state index in [0.29, 0.717) is 18.4 Å². The Morgan fingerprint density at radius 2 is 2.00 bits per heavy atom. The molecule has 5 heteroatoms. The van der Waals surface area contributed by atoms with Crippen LogP contribution in [-0.2, 0) is 0 Å². The van der Waals surface area contributed by atoms with Gasteiger partial charge in [0.1, 0.15) is 0 Å².